The van der Waals surface area contributed by atoms with Gasteiger partial charge in [-0.25, -0.2) is 0 Å². The molecule has 0 radical (unpaired) electrons. The smallest absolute Gasteiger partial charge is 0.122 e. The summed E-state index contributed by atoms with van der Waals surface area (Å²) in [7, 11) is 0. The Hall–Kier alpha value is -1.32. The van der Waals surface area contributed by atoms with Crippen LogP contribution in [0.5, 0.6) is 5.75 Å². The Morgan fingerprint density at radius 3 is 2.83 bits per heavy atom. The molecular weight excluding hydrogens is 242 g/mol. The van der Waals surface area contributed by atoms with Gasteiger partial charge in [0.1, 0.15) is 5.75 Å². The van der Waals surface area contributed by atoms with E-state index in [0.717, 1.165) is 18.8 Å². The third kappa shape index (κ3) is 1.93. The number of benzene rings is 1. The quantitative estimate of drug-likeness (QED) is 0.897. The number of fused-ring (bicyclic) bond motifs is 1. The topological polar surface area (TPSA) is 35.2 Å². The van der Waals surface area contributed by atoms with Crippen LogP contribution in [0.25, 0.3) is 0 Å². The zero-order valence-corrected chi connectivity index (χ0v) is 11.5. The molecule has 94 valence electrons. The Morgan fingerprint density at radius 2 is 2.11 bits per heavy atom. The van der Waals surface area contributed by atoms with Gasteiger partial charge in [0, 0.05) is 16.2 Å². The molecule has 0 fully saturated rings. The normalized spacial score (nSPS) is 15.3. The van der Waals surface area contributed by atoms with E-state index >= 15 is 0 Å². The predicted molar refractivity (Wildman–Crippen MR) is 75.5 cm³/mol. The lowest BCUT2D eigenvalue weighted by atomic mass is 10.0. The van der Waals surface area contributed by atoms with Crippen LogP contribution in [0.15, 0.2) is 24.3 Å². The van der Waals surface area contributed by atoms with E-state index in [0.29, 0.717) is 0 Å². The molecule has 3 heteroatoms. The maximum atomic E-state index is 6.39. The van der Waals surface area contributed by atoms with Gasteiger partial charge in [-0.3, -0.25) is 0 Å². The second-order valence-corrected chi connectivity index (χ2v) is 6.14. The SMILES string of the molecule is Cc1cc(C)c(C(N)c2ccc3c(c2)CCO3)s1. The molecule has 0 bridgehead atoms. The van der Waals surface area contributed by atoms with Gasteiger partial charge >= 0.3 is 0 Å². The van der Waals surface area contributed by atoms with Crippen LogP contribution in [0.4, 0.5) is 0 Å². The minimum Gasteiger partial charge on any atom is -0.493 e. The molecule has 1 aromatic heterocycles. The first-order chi connectivity index (χ1) is 8.65. The van der Waals surface area contributed by atoms with E-state index in [2.05, 4.69) is 32.0 Å². The Balaban J connectivity index is 1.97. The standard InChI is InChI=1S/C15H17NOS/c1-9-7-10(2)18-15(9)14(16)12-3-4-13-11(8-12)5-6-17-13/h3-4,7-8,14H,5-6,16H2,1-2H3. The summed E-state index contributed by atoms with van der Waals surface area (Å²) < 4.78 is 5.53. The summed E-state index contributed by atoms with van der Waals surface area (Å²) in [6.07, 6.45) is 0.998. The largest absolute Gasteiger partial charge is 0.493 e. The predicted octanol–water partition coefficient (Wildman–Crippen LogP) is 3.35. The lowest BCUT2D eigenvalue weighted by molar-refractivity contribution is 0.357. The van der Waals surface area contributed by atoms with Gasteiger partial charge in [-0.1, -0.05) is 12.1 Å². The molecule has 2 heterocycles. The van der Waals surface area contributed by atoms with Gasteiger partial charge in [-0.05, 0) is 42.7 Å². The van der Waals surface area contributed by atoms with E-state index in [1.165, 1.54) is 26.4 Å². The maximum absolute atomic E-state index is 6.39. The molecule has 0 aliphatic carbocycles. The van der Waals surface area contributed by atoms with Crippen LogP contribution in [0.3, 0.4) is 0 Å². The summed E-state index contributed by atoms with van der Waals surface area (Å²) in [5.41, 5.74) is 10.2. The fourth-order valence-electron chi connectivity index (χ4n) is 2.52. The molecule has 1 aliphatic rings. The van der Waals surface area contributed by atoms with Crippen LogP contribution < -0.4 is 10.5 Å². The molecule has 2 aromatic rings. The summed E-state index contributed by atoms with van der Waals surface area (Å²) in [6, 6.07) is 8.52. The van der Waals surface area contributed by atoms with E-state index < -0.39 is 0 Å². The minimum absolute atomic E-state index is 0.0189. The van der Waals surface area contributed by atoms with Gasteiger partial charge in [0.2, 0.25) is 0 Å². The van der Waals surface area contributed by atoms with Crippen LogP contribution in [-0.2, 0) is 6.42 Å². The second kappa shape index (κ2) is 4.41. The van der Waals surface area contributed by atoms with Crippen molar-refractivity contribution in [2.24, 2.45) is 5.73 Å². The molecule has 1 aromatic carbocycles. The molecule has 1 aliphatic heterocycles. The van der Waals surface area contributed by atoms with Crippen LogP contribution in [0, 0.1) is 13.8 Å². The molecule has 0 spiro atoms. The molecule has 1 atom stereocenters. The Kier molecular flexibility index (Phi) is 2.88. The number of nitrogens with two attached hydrogens (primary N) is 1. The van der Waals surface area contributed by atoms with Crippen LogP contribution in [0.1, 0.15) is 32.5 Å². The molecule has 2 nitrogen and oxygen atoms in total. The van der Waals surface area contributed by atoms with E-state index in [-0.39, 0.29) is 6.04 Å². The summed E-state index contributed by atoms with van der Waals surface area (Å²) in [5, 5.41) is 0. The summed E-state index contributed by atoms with van der Waals surface area (Å²) in [6.45, 7) is 5.06. The number of rotatable bonds is 2. The van der Waals surface area contributed by atoms with Crippen molar-refractivity contribution < 1.29 is 4.74 Å². The first kappa shape index (κ1) is 11.8. The zero-order chi connectivity index (χ0) is 12.7. The Bertz CT molecular complexity index is 588. The van der Waals surface area contributed by atoms with Crippen molar-refractivity contribution in [1.82, 2.24) is 0 Å². The average Bonchev–Trinajstić information content (AvgIpc) is 2.93. The first-order valence-electron chi connectivity index (χ1n) is 6.23. The Morgan fingerprint density at radius 1 is 1.28 bits per heavy atom. The zero-order valence-electron chi connectivity index (χ0n) is 10.7. The monoisotopic (exact) mass is 259 g/mol. The fraction of sp³-hybridized carbons (Fsp3) is 0.333. The summed E-state index contributed by atoms with van der Waals surface area (Å²) in [5.74, 6) is 1.02. The van der Waals surface area contributed by atoms with Crippen molar-refractivity contribution in [3.05, 3.63) is 50.7 Å². The van der Waals surface area contributed by atoms with Crippen molar-refractivity contribution in [2.45, 2.75) is 26.3 Å². The highest BCUT2D eigenvalue weighted by molar-refractivity contribution is 7.12. The number of ether oxygens (including phenoxy) is 1. The molecule has 0 saturated heterocycles. The lowest BCUT2D eigenvalue weighted by Gasteiger charge is -2.12. The van der Waals surface area contributed by atoms with Crippen molar-refractivity contribution >= 4 is 11.3 Å². The van der Waals surface area contributed by atoms with Gasteiger partial charge in [0.15, 0.2) is 0 Å². The third-order valence-corrected chi connectivity index (χ3v) is 4.67. The third-order valence-electron chi connectivity index (χ3n) is 3.43. The maximum Gasteiger partial charge on any atom is 0.122 e. The van der Waals surface area contributed by atoms with Crippen LogP contribution in [0.2, 0.25) is 0 Å². The highest BCUT2D eigenvalue weighted by Gasteiger charge is 2.18. The van der Waals surface area contributed by atoms with Crippen molar-refractivity contribution in [1.29, 1.82) is 0 Å². The summed E-state index contributed by atoms with van der Waals surface area (Å²) >= 11 is 1.79. The number of hydrogen-bond donors (Lipinski definition) is 1. The molecule has 0 saturated carbocycles. The van der Waals surface area contributed by atoms with E-state index in [9.17, 15) is 0 Å². The van der Waals surface area contributed by atoms with Gasteiger partial charge in [-0.15, -0.1) is 11.3 Å². The van der Waals surface area contributed by atoms with E-state index in [1.54, 1.807) is 11.3 Å². The highest BCUT2D eigenvalue weighted by Crippen LogP contribution is 2.33. The van der Waals surface area contributed by atoms with Gasteiger partial charge in [-0.2, -0.15) is 0 Å². The molecular formula is C15H17NOS. The summed E-state index contributed by atoms with van der Waals surface area (Å²) in [4.78, 5) is 2.59. The fourth-order valence-corrected chi connectivity index (χ4v) is 3.59. The van der Waals surface area contributed by atoms with Crippen LogP contribution >= 0.6 is 11.3 Å². The van der Waals surface area contributed by atoms with Crippen molar-refractivity contribution in [3.63, 3.8) is 0 Å². The highest BCUT2D eigenvalue weighted by atomic mass is 32.1. The van der Waals surface area contributed by atoms with E-state index in [4.69, 9.17) is 10.5 Å². The molecule has 3 rings (SSSR count). The number of hydrogen-bond acceptors (Lipinski definition) is 3. The van der Waals surface area contributed by atoms with Crippen LogP contribution in [-0.4, -0.2) is 6.61 Å². The molecule has 18 heavy (non-hydrogen) atoms. The molecule has 0 amide bonds. The first-order valence-corrected chi connectivity index (χ1v) is 7.05. The van der Waals surface area contributed by atoms with Crippen molar-refractivity contribution in [2.75, 3.05) is 6.61 Å². The van der Waals surface area contributed by atoms with Crippen molar-refractivity contribution in [3.8, 4) is 5.75 Å². The van der Waals surface area contributed by atoms with Gasteiger partial charge in [0.25, 0.3) is 0 Å². The second-order valence-electron chi connectivity index (χ2n) is 4.85. The Labute approximate surface area is 111 Å². The number of thiophene rings is 1. The molecule has 1 unspecified atom stereocenters. The van der Waals surface area contributed by atoms with Gasteiger partial charge in [0.05, 0.1) is 12.6 Å². The molecule has 2 N–H and O–H groups in total. The number of aryl methyl sites for hydroxylation is 2. The van der Waals surface area contributed by atoms with Gasteiger partial charge < -0.3 is 10.5 Å². The minimum atomic E-state index is -0.0189. The average molecular weight is 259 g/mol. The van der Waals surface area contributed by atoms with E-state index in [1.807, 2.05) is 6.07 Å². The lowest BCUT2D eigenvalue weighted by Crippen LogP contribution is -2.11.